The SMILES string of the molecule is N#CN1CC2C[C@H]2C1. The number of rotatable bonds is 0. The summed E-state index contributed by atoms with van der Waals surface area (Å²) in [6, 6.07) is 0. The van der Waals surface area contributed by atoms with Gasteiger partial charge in [-0.25, -0.2) is 0 Å². The van der Waals surface area contributed by atoms with Crippen LogP contribution in [0.5, 0.6) is 0 Å². The molecule has 2 heteroatoms. The molecule has 42 valence electrons. The molecule has 0 N–H and O–H groups in total. The van der Waals surface area contributed by atoms with Gasteiger partial charge >= 0.3 is 0 Å². The Bertz CT molecular complexity index is 137. The van der Waals surface area contributed by atoms with Crippen molar-refractivity contribution in [3.8, 4) is 6.19 Å². The number of hydrogen-bond donors (Lipinski definition) is 0. The van der Waals surface area contributed by atoms with E-state index in [1.54, 1.807) is 0 Å². The van der Waals surface area contributed by atoms with E-state index in [4.69, 9.17) is 5.26 Å². The number of piperidine rings is 1. The maximum Gasteiger partial charge on any atom is 0.179 e. The smallest absolute Gasteiger partial charge is 0.179 e. The van der Waals surface area contributed by atoms with E-state index in [1.165, 1.54) is 6.42 Å². The summed E-state index contributed by atoms with van der Waals surface area (Å²) in [6.07, 6.45) is 3.55. The Balaban J connectivity index is 2.01. The van der Waals surface area contributed by atoms with Gasteiger partial charge in [-0.1, -0.05) is 0 Å². The van der Waals surface area contributed by atoms with Crippen molar-refractivity contribution in [2.24, 2.45) is 11.8 Å². The fraction of sp³-hybridized carbons (Fsp3) is 0.833. The number of hydrogen-bond acceptors (Lipinski definition) is 2. The van der Waals surface area contributed by atoms with Gasteiger partial charge in [0.25, 0.3) is 0 Å². The number of nitriles is 1. The quantitative estimate of drug-likeness (QED) is 0.420. The first-order chi connectivity index (χ1) is 3.90. The van der Waals surface area contributed by atoms with Crippen LogP contribution in [0.3, 0.4) is 0 Å². The fourth-order valence-corrected chi connectivity index (χ4v) is 1.48. The van der Waals surface area contributed by atoms with Gasteiger partial charge in [-0.05, 0) is 18.3 Å². The van der Waals surface area contributed by atoms with Gasteiger partial charge in [-0.15, -0.1) is 0 Å². The summed E-state index contributed by atoms with van der Waals surface area (Å²) in [5.74, 6) is 1.80. The van der Waals surface area contributed by atoms with Crippen molar-refractivity contribution in [2.75, 3.05) is 13.1 Å². The van der Waals surface area contributed by atoms with Crippen molar-refractivity contribution in [1.82, 2.24) is 4.90 Å². The molecule has 2 fully saturated rings. The zero-order chi connectivity index (χ0) is 5.56. The van der Waals surface area contributed by atoms with Gasteiger partial charge in [0.2, 0.25) is 0 Å². The minimum Gasteiger partial charge on any atom is -0.310 e. The average Bonchev–Trinajstić information content (AvgIpc) is 2.40. The fourth-order valence-electron chi connectivity index (χ4n) is 1.48. The Morgan fingerprint density at radius 1 is 1.38 bits per heavy atom. The van der Waals surface area contributed by atoms with E-state index in [1.807, 2.05) is 4.90 Å². The number of likely N-dealkylation sites (tertiary alicyclic amines) is 1. The van der Waals surface area contributed by atoms with Crippen LogP contribution in [-0.4, -0.2) is 18.0 Å². The highest BCUT2D eigenvalue weighted by atomic mass is 15.2. The average molecular weight is 108 g/mol. The lowest BCUT2D eigenvalue weighted by Gasteiger charge is -2.05. The van der Waals surface area contributed by atoms with E-state index in [9.17, 15) is 0 Å². The Kier molecular flexibility index (Phi) is 0.611. The van der Waals surface area contributed by atoms with Gasteiger partial charge in [0, 0.05) is 13.1 Å². The van der Waals surface area contributed by atoms with Crippen molar-refractivity contribution in [2.45, 2.75) is 6.42 Å². The molecule has 1 aliphatic carbocycles. The molecular formula is C6H8N2. The van der Waals surface area contributed by atoms with Crippen molar-refractivity contribution >= 4 is 0 Å². The zero-order valence-electron chi connectivity index (χ0n) is 4.67. The summed E-state index contributed by atoms with van der Waals surface area (Å²) < 4.78 is 0. The molecule has 1 aliphatic heterocycles. The van der Waals surface area contributed by atoms with Gasteiger partial charge in [0.1, 0.15) is 0 Å². The molecule has 2 atom stereocenters. The predicted octanol–water partition coefficient (Wildman–Crippen LogP) is 0.419. The molecule has 0 spiro atoms. The lowest BCUT2D eigenvalue weighted by atomic mass is 10.4. The highest BCUT2D eigenvalue weighted by Crippen LogP contribution is 2.44. The van der Waals surface area contributed by atoms with Crippen LogP contribution in [0.1, 0.15) is 6.42 Å². The van der Waals surface area contributed by atoms with E-state index < -0.39 is 0 Å². The summed E-state index contributed by atoms with van der Waals surface area (Å²) in [6.45, 7) is 2.09. The Morgan fingerprint density at radius 3 is 2.38 bits per heavy atom. The highest BCUT2D eigenvalue weighted by Gasteiger charge is 2.44. The highest BCUT2D eigenvalue weighted by molar-refractivity contribution is 5.00. The van der Waals surface area contributed by atoms with Crippen LogP contribution >= 0.6 is 0 Å². The van der Waals surface area contributed by atoms with Crippen LogP contribution in [0.25, 0.3) is 0 Å². The van der Waals surface area contributed by atoms with Crippen LogP contribution in [0.4, 0.5) is 0 Å². The summed E-state index contributed by atoms with van der Waals surface area (Å²) in [5.41, 5.74) is 0. The van der Waals surface area contributed by atoms with E-state index in [2.05, 4.69) is 6.19 Å². The second-order valence-electron chi connectivity index (χ2n) is 2.76. The van der Waals surface area contributed by atoms with Crippen LogP contribution in [0.15, 0.2) is 0 Å². The lowest BCUT2D eigenvalue weighted by Crippen LogP contribution is -2.15. The normalized spacial score (nSPS) is 41.1. The molecule has 1 unspecified atom stereocenters. The van der Waals surface area contributed by atoms with Crippen molar-refractivity contribution in [1.29, 1.82) is 5.26 Å². The largest absolute Gasteiger partial charge is 0.310 e. The van der Waals surface area contributed by atoms with Gasteiger partial charge < -0.3 is 4.90 Å². The zero-order valence-corrected chi connectivity index (χ0v) is 4.67. The first-order valence-electron chi connectivity index (χ1n) is 3.05. The van der Waals surface area contributed by atoms with E-state index in [0.717, 1.165) is 24.9 Å². The molecule has 2 rings (SSSR count). The first-order valence-corrected chi connectivity index (χ1v) is 3.05. The third-order valence-corrected chi connectivity index (χ3v) is 2.12. The van der Waals surface area contributed by atoms with E-state index >= 15 is 0 Å². The summed E-state index contributed by atoms with van der Waals surface area (Å²) in [5, 5.41) is 8.38. The topological polar surface area (TPSA) is 27.0 Å². The van der Waals surface area contributed by atoms with Crippen molar-refractivity contribution in [3.05, 3.63) is 0 Å². The monoisotopic (exact) mass is 108 g/mol. The van der Waals surface area contributed by atoms with Crippen LogP contribution in [-0.2, 0) is 0 Å². The standard InChI is InChI=1S/C6H8N2/c7-4-8-2-5-1-6(5)3-8/h5-6H,1-3H2/t5-,6?/m0/s1. The van der Waals surface area contributed by atoms with Crippen LogP contribution < -0.4 is 0 Å². The molecule has 2 nitrogen and oxygen atoms in total. The van der Waals surface area contributed by atoms with Crippen molar-refractivity contribution < 1.29 is 0 Å². The molecule has 0 aromatic rings. The second kappa shape index (κ2) is 1.17. The molecule has 1 saturated carbocycles. The lowest BCUT2D eigenvalue weighted by molar-refractivity contribution is 0.434. The van der Waals surface area contributed by atoms with E-state index in [-0.39, 0.29) is 0 Å². The van der Waals surface area contributed by atoms with Gasteiger partial charge in [-0.3, -0.25) is 0 Å². The number of nitrogens with zero attached hydrogens (tertiary/aromatic N) is 2. The second-order valence-corrected chi connectivity index (χ2v) is 2.76. The molecule has 0 amide bonds. The summed E-state index contributed by atoms with van der Waals surface area (Å²) in [4.78, 5) is 1.86. The number of fused-ring (bicyclic) bond motifs is 1. The maximum atomic E-state index is 8.38. The molecular weight excluding hydrogens is 100 g/mol. The van der Waals surface area contributed by atoms with Gasteiger partial charge in [0.15, 0.2) is 6.19 Å². The molecule has 0 aromatic carbocycles. The predicted molar refractivity (Wildman–Crippen MR) is 28.8 cm³/mol. The molecule has 1 heterocycles. The Labute approximate surface area is 48.7 Å². The summed E-state index contributed by atoms with van der Waals surface area (Å²) >= 11 is 0. The van der Waals surface area contributed by atoms with E-state index in [0.29, 0.717) is 0 Å². The molecule has 1 saturated heterocycles. The third-order valence-electron chi connectivity index (χ3n) is 2.12. The van der Waals surface area contributed by atoms with Gasteiger partial charge in [0.05, 0.1) is 0 Å². The molecule has 2 aliphatic rings. The van der Waals surface area contributed by atoms with Gasteiger partial charge in [-0.2, -0.15) is 5.26 Å². The molecule has 0 aromatic heterocycles. The molecule has 0 radical (unpaired) electrons. The van der Waals surface area contributed by atoms with Crippen molar-refractivity contribution in [3.63, 3.8) is 0 Å². The Hall–Kier alpha value is -0.710. The minimum absolute atomic E-state index is 0.898. The Morgan fingerprint density at radius 2 is 2.00 bits per heavy atom. The maximum absolute atomic E-state index is 8.38. The molecule has 0 bridgehead atoms. The third kappa shape index (κ3) is 0.416. The van der Waals surface area contributed by atoms with Crippen LogP contribution in [0, 0.1) is 23.3 Å². The minimum atomic E-state index is 0.898. The summed E-state index contributed by atoms with van der Waals surface area (Å²) in [7, 11) is 0. The molecule has 8 heavy (non-hydrogen) atoms. The van der Waals surface area contributed by atoms with Crippen LogP contribution in [0.2, 0.25) is 0 Å². The first kappa shape index (κ1) is 4.20.